The number of phenolic OH excluding ortho intramolecular Hbond substituents is 1. The zero-order valence-corrected chi connectivity index (χ0v) is 12.9. The van der Waals surface area contributed by atoms with Gasteiger partial charge in [-0.3, -0.25) is 9.89 Å². The number of phenols is 1. The molecule has 0 spiro atoms. The number of fused-ring (bicyclic) bond motifs is 1. The largest absolute Gasteiger partial charge is 0.506 e. The average Bonchev–Trinajstić information content (AvgIpc) is 3.16. The lowest BCUT2D eigenvalue weighted by molar-refractivity contribution is 0.0984. The molecule has 1 aromatic heterocycles. The highest BCUT2D eigenvalue weighted by molar-refractivity contribution is 6.08. The van der Waals surface area contributed by atoms with Crippen LogP contribution in [0.2, 0.25) is 0 Å². The fourth-order valence-corrected chi connectivity index (χ4v) is 3.13. The van der Waals surface area contributed by atoms with Crippen molar-refractivity contribution in [3.63, 3.8) is 0 Å². The van der Waals surface area contributed by atoms with Gasteiger partial charge >= 0.3 is 0 Å². The van der Waals surface area contributed by atoms with E-state index in [1.54, 1.807) is 23.1 Å². The number of aromatic amines is 1. The Morgan fingerprint density at radius 1 is 1.21 bits per heavy atom. The van der Waals surface area contributed by atoms with E-state index in [2.05, 4.69) is 15.2 Å². The van der Waals surface area contributed by atoms with Gasteiger partial charge in [-0.1, -0.05) is 24.3 Å². The van der Waals surface area contributed by atoms with E-state index in [1.165, 1.54) is 6.33 Å². The van der Waals surface area contributed by atoms with Crippen LogP contribution in [0.5, 0.6) is 5.75 Å². The van der Waals surface area contributed by atoms with Crippen molar-refractivity contribution in [3.05, 3.63) is 59.9 Å². The maximum Gasteiger partial charge on any atom is 0.258 e. The molecule has 0 aliphatic carbocycles. The van der Waals surface area contributed by atoms with Crippen molar-refractivity contribution in [2.45, 2.75) is 12.8 Å². The second kappa shape index (κ2) is 5.81. The van der Waals surface area contributed by atoms with Crippen molar-refractivity contribution in [1.82, 2.24) is 15.2 Å². The second-order valence-corrected chi connectivity index (χ2v) is 5.76. The van der Waals surface area contributed by atoms with Crippen LogP contribution in [0.3, 0.4) is 0 Å². The van der Waals surface area contributed by atoms with Gasteiger partial charge in [0.15, 0.2) is 5.82 Å². The van der Waals surface area contributed by atoms with Crippen LogP contribution in [0, 0.1) is 0 Å². The molecule has 2 heterocycles. The van der Waals surface area contributed by atoms with Gasteiger partial charge in [0.1, 0.15) is 12.1 Å². The highest BCUT2D eigenvalue weighted by Gasteiger charge is 2.26. The first-order valence-electron chi connectivity index (χ1n) is 7.82. The summed E-state index contributed by atoms with van der Waals surface area (Å²) in [7, 11) is 0. The number of rotatable bonds is 2. The number of hydrogen-bond acceptors (Lipinski definition) is 4. The molecule has 120 valence electrons. The van der Waals surface area contributed by atoms with Crippen LogP contribution in [0.25, 0.3) is 11.4 Å². The second-order valence-electron chi connectivity index (χ2n) is 5.76. The van der Waals surface area contributed by atoms with E-state index < -0.39 is 0 Å². The van der Waals surface area contributed by atoms with Gasteiger partial charge in [-0.2, -0.15) is 5.10 Å². The molecule has 0 atom stereocenters. The summed E-state index contributed by atoms with van der Waals surface area (Å²) in [6.07, 6.45) is 3.18. The molecule has 24 heavy (non-hydrogen) atoms. The number of H-pyrrole nitrogens is 1. The van der Waals surface area contributed by atoms with E-state index in [4.69, 9.17) is 0 Å². The van der Waals surface area contributed by atoms with Crippen LogP contribution >= 0.6 is 0 Å². The molecule has 0 saturated carbocycles. The Hall–Kier alpha value is -3.15. The van der Waals surface area contributed by atoms with Crippen LogP contribution in [0.4, 0.5) is 5.69 Å². The predicted octanol–water partition coefficient (Wildman–Crippen LogP) is 2.77. The summed E-state index contributed by atoms with van der Waals surface area (Å²) in [4.78, 5) is 18.8. The predicted molar refractivity (Wildman–Crippen MR) is 89.9 cm³/mol. The first kappa shape index (κ1) is 14.4. The van der Waals surface area contributed by atoms with Crippen molar-refractivity contribution >= 4 is 11.6 Å². The number of carbonyl (C=O) groups excluding carboxylic acids is 1. The van der Waals surface area contributed by atoms with Crippen LogP contribution in [0.1, 0.15) is 22.3 Å². The SMILES string of the molecule is O=C(c1cccc(-c2ncn[nH]2)c1)N1CCCc2cccc(O)c21. The van der Waals surface area contributed by atoms with E-state index >= 15 is 0 Å². The van der Waals surface area contributed by atoms with E-state index in [9.17, 15) is 9.90 Å². The highest BCUT2D eigenvalue weighted by atomic mass is 16.3. The van der Waals surface area contributed by atoms with Crippen LogP contribution in [-0.2, 0) is 6.42 Å². The molecule has 0 bridgehead atoms. The Balaban J connectivity index is 1.72. The van der Waals surface area contributed by atoms with Crippen LogP contribution in [-0.4, -0.2) is 32.7 Å². The fourth-order valence-electron chi connectivity index (χ4n) is 3.13. The fraction of sp³-hybridized carbons (Fsp3) is 0.167. The topological polar surface area (TPSA) is 82.1 Å². The number of para-hydroxylation sites is 1. The summed E-state index contributed by atoms with van der Waals surface area (Å²) >= 11 is 0. The molecule has 0 radical (unpaired) electrons. The van der Waals surface area contributed by atoms with Gasteiger partial charge in [-0.05, 0) is 36.6 Å². The Morgan fingerprint density at radius 2 is 2.08 bits per heavy atom. The molecule has 0 saturated heterocycles. The summed E-state index contributed by atoms with van der Waals surface area (Å²) in [5.74, 6) is 0.636. The Labute approximate surface area is 138 Å². The lowest BCUT2D eigenvalue weighted by Gasteiger charge is -2.30. The molecule has 1 aliphatic heterocycles. The minimum atomic E-state index is -0.126. The minimum Gasteiger partial charge on any atom is -0.506 e. The number of anilines is 1. The van der Waals surface area contributed by atoms with Gasteiger partial charge in [0.05, 0.1) is 5.69 Å². The van der Waals surface area contributed by atoms with Gasteiger partial charge in [-0.15, -0.1) is 0 Å². The maximum absolute atomic E-state index is 13.0. The Kier molecular flexibility index (Phi) is 3.49. The molecule has 6 heteroatoms. The smallest absolute Gasteiger partial charge is 0.258 e. The van der Waals surface area contributed by atoms with Crippen LogP contribution in [0.15, 0.2) is 48.8 Å². The molecule has 1 amide bonds. The summed E-state index contributed by atoms with van der Waals surface area (Å²) in [6, 6.07) is 12.6. The molecule has 6 nitrogen and oxygen atoms in total. The minimum absolute atomic E-state index is 0.126. The Bertz CT molecular complexity index is 890. The van der Waals surface area contributed by atoms with Gasteiger partial charge < -0.3 is 10.0 Å². The number of aromatic nitrogens is 3. The van der Waals surface area contributed by atoms with E-state index in [0.717, 1.165) is 24.0 Å². The highest BCUT2D eigenvalue weighted by Crippen LogP contribution is 2.36. The Morgan fingerprint density at radius 3 is 2.92 bits per heavy atom. The first-order valence-corrected chi connectivity index (χ1v) is 7.82. The molecule has 0 unspecified atom stereocenters. The van der Waals surface area contributed by atoms with Crippen molar-refractivity contribution in [2.75, 3.05) is 11.4 Å². The summed E-state index contributed by atoms with van der Waals surface area (Å²) in [5.41, 5.74) is 2.98. The lowest BCUT2D eigenvalue weighted by Crippen LogP contribution is -2.35. The van der Waals surface area contributed by atoms with E-state index in [1.807, 2.05) is 24.3 Å². The van der Waals surface area contributed by atoms with Gasteiger partial charge in [0.25, 0.3) is 5.91 Å². The number of hydrogen-bond donors (Lipinski definition) is 2. The average molecular weight is 320 g/mol. The van der Waals surface area contributed by atoms with Crippen LogP contribution < -0.4 is 4.90 Å². The van der Waals surface area contributed by atoms with Gasteiger partial charge in [0, 0.05) is 17.7 Å². The summed E-state index contributed by atoms with van der Waals surface area (Å²) < 4.78 is 0. The quantitative estimate of drug-likeness (QED) is 0.760. The standard InChI is InChI=1S/C18H16N4O2/c23-15-8-2-4-12-7-3-9-22(16(12)15)18(24)14-6-1-5-13(10-14)17-19-11-20-21-17/h1-2,4-6,8,10-11,23H,3,7,9H2,(H,19,20,21). The first-order chi connectivity index (χ1) is 11.7. The van der Waals surface area contributed by atoms with Crippen molar-refractivity contribution in [2.24, 2.45) is 0 Å². The summed E-state index contributed by atoms with van der Waals surface area (Å²) in [5, 5.41) is 16.8. The van der Waals surface area contributed by atoms with Crippen molar-refractivity contribution in [1.29, 1.82) is 0 Å². The molecule has 4 rings (SSSR count). The number of nitrogens with zero attached hydrogens (tertiary/aromatic N) is 3. The molecular formula is C18H16N4O2. The number of carbonyl (C=O) groups is 1. The molecule has 3 aromatic rings. The molecule has 2 aromatic carbocycles. The summed E-state index contributed by atoms with van der Waals surface area (Å²) in [6.45, 7) is 0.593. The van der Waals surface area contributed by atoms with E-state index in [-0.39, 0.29) is 11.7 Å². The molecular weight excluding hydrogens is 304 g/mol. The molecule has 2 N–H and O–H groups in total. The lowest BCUT2D eigenvalue weighted by atomic mass is 9.99. The third kappa shape index (κ3) is 2.42. The third-order valence-electron chi connectivity index (χ3n) is 4.24. The van der Waals surface area contributed by atoms with E-state index in [0.29, 0.717) is 23.6 Å². The normalized spacial score (nSPS) is 13.6. The maximum atomic E-state index is 13.0. The zero-order valence-electron chi connectivity index (χ0n) is 12.9. The number of aromatic hydroxyl groups is 1. The molecule has 1 aliphatic rings. The zero-order chi connectivity index (χ0) is 16.5. The number of amides is 1. The monoisotopic (exact) mass is 320 g/mol. The number of aryl methyl sites for hydroxylation is 1. The molecule has 0 fully saturated rings. The van der Waals surface area contributed by atoms with Crippen molar-refractivity contribution in [3.8, 4) is 17.1 Å². The van der Waals surface area contributed by atoms with Crippen molar-refractivity contribution < 1.29 is 9.90 Å². The third-order valence-corrected chi connectivity index (χ3v) is 4.24. The number of benzene rings is 2. The number of nitrogens with one attached hydrogen (secondary N) is 1. The van der Waals surface area contributed by atoms with Gasteiger partial charge in [0.2, 0.25) is 0 Å². The van der Waals surface area contributed by atoms with Gasteiger partial charge in [-0.25, -0.2) is 4.98 Å².